The largest absolute Gasteiger partial charge is 0.466 e. The fraction of sp³-hybridized carbons (Fsp3) is 0.966. The Balaban J connectivity index is 3.31. The van der Waals surface area contributed by atoms with Crippen LogP contribution in [-0.2, 0) is 14.3 Å². The molecular formula is C59H117NO5. The summed E-state index contributed by atoms with van der Waals surface area (Å²) in [6.07, 6.45) is 64.0. The van der Waals surface area contributed by atoms with Crippen LogP contribution >= 0.6 is 0 Å². The number of amides is 1. The van der Waals surface area contributed by atoms with Gasteiger partial charge >= 0.3 is 5.97 Å². The number of nitrogens with one attached hydrogen (secondary N) is 1. The predicted molar refractivity (Wildman–Crippen MR) is 283 cm³/mol. The van der Waals surface area contributed by atoms with Crippen LogP contribution in [0.3, 0.4) is 0 Å². The second-order valence-corrected chi connectivity index (χ2v) is 20.7. The summed E-state index contributed by atoms with van der Waals surface area (Å²) in [6, 6.07) is -0.537. The lowest BCUT2D eigenvalue weighted by Gasteiger charge is -2.22. The van der Waals surface area contributed by atoms with E-state index in [2.05, 4.69) is 19.2 Å². The molecule has 0 radical (unpaired) electrons. The summed E-state index contributed by atoms with van der Waals surface area (Å²) in [5.41, 5.74) is 0. The van der Waals surface area contributed by atoms with Crippen LogP contribution in [0.4, 0.5) is 0 Å². The van der Waals surface area contributed by atoms with Crippen LogP contribution in [0, 0.1) is 0 Å². The first-order valence-corrected chi connectivity index (χ1v) is 29.8. The number of carbonyl (C=O) groups excluding carboxylic acids is 2. The van der Waals surface area contributed by atoms with Gasteiger partial charge in [0.25, 0.3) is 0 Å². The number of rotatable bonds is 56. The minimum absolute atomic E-state index is 0.0185. The van der Waals surface area contributed by atoms with Gasteiger partial charge in [0.05, 0.1) is 25.4 Å². The van der Waals surface area contributed by atoms with Gasteiger partial charge in [0.15, 0.2) is 0 Å². The summed E-state index contributed by atoms with van der Waals surface area (Å²) in [5.74, 6) is -0.0145. The highest BCUT2D eigenvalue weighted by atomic mass is 16.5. The summed E-state index contributed by atoms with van der Waals surface area (Å²) >= 11 is 0. The maximum absolute atomic E-state index is 12.4. The zero-order chi connectivity index (χ0) is 47.2. The summed E-state index contributed by atoms with van der Waals surface area (Å²) in [4.78, 5) is 24.4. The Morgan fingerprint density at radius 1 is 0.369 bits per heavy atom. The Bertz CT molecular complexity index is 928. The van der Waals surface area contributed by atoms with Crippen molar-refractivity contribution in [3.63, 3.8) is 0 Å². The first-order valence-electron chi connectivity index (χ1n) is 29.8. The molecule has 2 atom stereocenters. The summed E-state index contributed by atoms with van der Waals surface area (Å²) in [6.45, 7) is 4.96. The average molecular weight is 921 g/mol. The van der Waals surface area contributed by atoms with Gasteiger partial charge in [0.2, 0.25) is 5.91 Å². The predicted octanol–water partition coefficient (Wildman–Crippen LogP) is 18.3. The van der Waals surface area contributed by atoms with Crippen LogP contribution in [-0.4, -0.2) is 47.4 Å². The molecule has 0 aromatic rings. The lowest BCUT2D eigenvalue weighted by Crippen LogP contribution is -2.45. The number of aliphatic hydroxyl groups is 2. The molecule has 65 heavy (non-hydrogen) atoms. The molecule has 0 aliphatic rings. The van der Waals surface area contributed by atoms with Gasteiger partial charge in [-0.3, -0.25) is 9.59 Å². The molecule has 3 N–H and O–H groups in total. The van der Waals surface area contributed by atoms with Crippen molar-refractivity contribution in [2.75, 3.05) is 13.2 Å². The summed E-state index contributed by atoms with van der Waals surface area (Å²) < 4.78 is 5.48. The van der Waals surface area contributed by atoms with Crippen LogP contribution < -0.4 is 5.32 Å². The maximum Gasteiger partial charge on any atom is 0.305 e. The molecular weight excluding hydrogens is 803 g/mol. The van der Waals surface area contributed by atoms with Crippen LogP contribution in [0.25, 0.3) is 0 Å². The fourth-order valence-corrected chi connectivity index (χ4v) is 9.58. The van der Waals surface area contributed by atoms with Gasteiger partial charge in [-0.2, -0.15) is 0 Å². The minimum atomic E-state index is -0.659. The van der Waals surface area contributed by atoms with Gasteiger partial charge in [0, 0.05) is 12.8 Å². The molecule has 0 fully saturated rings. The Morgan fingerprint density at radius 2 is 0.631 bits per heavy atom. The molecule has 0 aromatic heterocycles. The molecule has 388 valence electrons. The SMILES string of the molecule is CCCCCCCCCCCCCCCC(=O)OCCCCCCCCCCCCCCCCCCCCCCCCCCCC(=O)NC(CO)C(O)CCCCCCCCCCCC. The third-order valence-electron chi connectivity index (χ3n) is 14.2. The van der Waals surface area contributed by atoms with Crippen LogP contribution in [0.5, 0.6) is 0 Å². The topological polar surface area (TPSA) is 95.9 Å². The lowest BCUT2D eigenvalue weighted by molar-refractivity contribution is -0.143. The van der Waals surface area contributed by atoms with E-state index < -0.39 is 12.1 Å². The maximum atomic E-state index is 12.4. The van der Waals surface area contributed by atoms with Crippen molar-refractivity contribution in [2.24, 2.45) is 0 Å². The van der Waals surface area contributed by atoms with Crippen molar-refractivity contribution in [1.29, 1.82) is 0 Å². The quantitative estimate of drug-likeness (QED) is 0.0417. The average Bonchev–Trinajstić information content (AvgIpc) is 3.31. The number of hydrogen-bond donors (Lipinski definition) is 3. The Labute approximate surface area is 406 Å². The van der Waals surface area contributed by atoms with Crippen molar-refractivity contribution < 1.29 is 24.5 Å². The molecule has 0 saturated carbocycles. The lowest BCUT2D eigenvalue weighted by atomic mass is 10.0. The van der Waals surface area contributed by atoms with Crippen molar-refractivity contribution in [3.05, 3.63) is 0 Å². The standard InChI is InChI=1S/C59H117NO5/c1-3-5-7-9-11-13-15-29-33-37-41-45-49-53-59(64)65-54-50-46-42-38-34-31-28-26-24-22-20-18-16-17-19-21-23-25-27-30-32-36-40-44-48-52-58(63)60-56(55-61)57(62)51-47-43-39-35-14-12-10-8-6-4-2/h56-57,61-62H,3-55H2,1-2H3,(H,60,63). The zero-order valence-electron chi connectivity index (χ0n) is 44.3. The van der Waals surface area contributed by atoms with Gasteiger partial charge < -0.3 is 20.3 Å². The van der Waals surface area contributed by atoms with E-state index in [1.165, 1.54) is 270 Å². The summed E-state index contributed by atoms with van der Waals surface area (Å²) in [7, 11) is 0. The van der Waals surface area contributed by atoms with E-state index in [9.17, 15) is 19.8 Å². The van der Waals surface area contributed by atoms with Crippen molar-refractivity contribution in [1.82, 2.24) is 5.32 Å². The first kappa shape index (κ1) is 63.9. The second-order valence-electron chi connectivity index (χ2n) is 20.7. The number of unbranched alkanes of at least 4 members (excludes halogenated alkanes) is 45. The molecule has 0 aliphatic heterocycles. The summed E-state index contributed by atoms with van der Waals surface area (Å²) in [5, 5.41) is 23.1. The van der Waals surface area contributed by atoms with E-state index in [4.69, 9.17) is 4.74 Å². The number of esters is 1. The Hall–Kier alpha value is -1.14. The van der Waals surface area contributed by atoms with E-state index in [1.54, 1.807) is 0 Å². The minimum Gasteiger partial charge on any atom is -0.466 e. The molecule has 0 rings (SSSR count). The van der Waals surface area contributed by atoms with Crippen molar-refractivity contribution in [3.8, 4) is 0 Å². The van der Waals surface area contributed by atoms with E-state index in [0.717, 1.165) is 38.5 Å². The van der Waals surface area contributed by atoms with E-state index in [1.807, 2.05) is 0 Å². The molecule has 0 heterocycles. The second kappa shape index (κ2) is 55.5. The highest BCUT2D eigenvalue weighted by Gasteiger charge is 2.20. The smallest absolute Gasteiger partial charge is 0.305 e. The third kappa shape index (κ3) is 52.1. The normalized spacial score (nSPS) is 12.5. The van der Waals surface area contributed by atoms with E-state index >= 15 is 0 Å². The van der Waals surface area contributed by atoms with Gasteiger partial charge in [0.1, 0.15) is 0 Å². The molecule has 0 saturated heterocycles. The monoisotopic (exact) mass is 920 g/mol. The van der Waals surface area contributed by atoms with Gasteiger partial charge in [-0.15, -0.1) is 0 Å². The molecule has 0 spiro atoms. The number of carbonyl (C=O) groups is 2. The molecule has 6 heteroatoms. The molecule has 6 nitrogen and oxygen atoms in total. The van der Waals surface area contributed by atoms with E-state index in [-0.39, 0.29) is 18.5 Å². The fourth-order valence-electron chi connectivity index (χ4n) is 9.58. The molecule has 2 unspecified atom stereocenters. The van der Waals surface area contributed by atoms with Crippen LogP contribution in [0.2, 0.25) is 0 Å². The highest BCUT2D eigenvalue weighted by Crippen LogP contribution is 2.18. The van der Waals surface area contributed by atoms with Gasteiger partial charge in [-0.05, 0) is 25.7 Å². The molecule has 0 bridgehead atoms. The van der Waals surface area contributed by atoms with Crippen molar-refractivity contribution >= 4 is 11.9 Å². The number of aliphatic hydroxyl groups excluding tert-OH is 2. The number of ether oxygens (including phenoxy) is 1. The van der Waals surface area contributed by atoms with E-state index in [0.29, 0.717) is 25.9 Å². The highest BCUT2D eigenvalue weighted by molar-refractivity contribution is 5.76. The molecule has 1 amide bonds. The Kier molecular flexibility index (Phi) is 54.5. The molecule has 0 aromatic carbocycles. The van der Waals surface area contributed by atoms with Crippen molar-refractivity contribution in [2.45, 2.75) is 353 Å². The van der Waals surface area contributed by atoms with Crippen LogP contribution in [0.1, 0.15) is 341 Å². The first-order chi connectivity index (χ1) is 32.0. The third-order valence-corrected chi connectivity index (χ3v) is 14.2. The Morgan fingerprint density at radius 3 is 0.938 bits per heavy atom. The van der Waals surface area contributed by atoms with Gasteiger partial charge in [-0.1, -0.05) is 303 Å². The zero-order valence-corrected chi connectivity index (χ0v) is 44.3. The molecule has 0 aliphatic carbocycles. The van der Waals surface area contributed by atoms with Gasteiger partial charge in [-0.25, -0.2) is 0 Å². The van der Waals surface area contributed by atoms with Crippen LogP contribution in [0.15, 0.2) is 0 Å². The number of hydrogen-bond acceptors (Lipinski definition) is 5.